The van der Waals surface area contributed by atoms with Gasteiger partial charge in [0.15, 0.2) is 9.84 Å². The van der Waals surface area contributed by atoms with Crippen molar-refractivity contribution < 1.29 is 36.2 Å². The third-order valence-corrected chi connectivity index (χ3v) is 7.57. The lowest BCUT2D eigenvalue weighted by Crippen LogP contribution is -2.45. The number of hydrogen-bond donors (Lipinski definition) is 2. The van der Waals surface area contributed by atoms with Crippen LogP contribution in [0, 0.1) is 0 Å². The van der Waals surface area contributed by atoms with E-state index >= 15 is 4.39 Å². The quantitative estimate of drug-likeness (QED) is 0.427. The molecule has 38 heavy (non-hydrogen) atoms. The number of hydrogen-bond acceptors (Lipinski definition) is 5. The normalized spacial score (nSPS) is 20.4. The van der Waals surface area contributed by atoms with Crippen LogP contribution >= 0.6 is 0 Å². The molecule has 0 saturated carbocycles. The van der Waals surface area contributed by atoms with E-state index in [0.29, 0.717) is 11.1 Å². The Balaban J connectivity index is 1.89. The van der Waals surface area contributed by atoms with Gasteiger partial charge in [-0.15, -0.1) is 0 Å². The smallest absolute Gasteiger partial charge is 0.393 e. The van der Waals surface area contributed by atoms with Gasteiger partial charge >= 0.3 is 6.18 Å². The van der Waals surface area contributed by atoms with Crippen molar-refractivity contribution in [3.05, 3.63) is 89.8 Å². The largest absolute Gasteiger partial charge is 0.417 e. The molecule has 1 heterocycles. The van der Waals surface area contributed by atoms with Gasteiger partial charge in [-0.25, -0.2) is 17.8 Å². The number of rotatable bonds is 6. The summed E-state index contributed by atoms with van der Waals surface area (Å²) in [5.74, 6) is -0.285. The number of alkyl halides is 4. The van der Waals surface area contributed by atoms with Crippen LogP contribution in [0.25, 0.3) is 17.0 Å². The number of halogens is 4. The average Bonchev–Trinajstić information content (AvgIpc) is 3.30. The van der Waals surface area contributed by atoms with E-state index < -0.39 is 45.5 Å². The fourth-order valence-corrected chi connectivity index (χ4v) is 4.99. The highest BCUT2D eigenvalue weighted by molar-refractivity contribution is 7.90. The summed E-state index contributed by atoms with van der Waals surface area (Å²) in [7, 11) is -3.52. The molecule has 1 aromatic heterocycles. The van der Waals surface area contributed by atoms with Crippen LogP contribution in [0.4, 0.5) is 17.6 Å². The highest BCUT2D eigenvalue weighted by atomic mass is 32.2. The van der Waals surface area contributed by atoms with E-state index in [-0.39, 0.29) is 22.0 Å². The number of aliphatic hydroxyl groups is 2. The minimum atomic E-state index is -4.75. The minimum absolute atomic E-state index is 0.0199. The molecule has 0 bridgehead atoms. The predicted molar refractivity (Wildman–Crippen MR) is 135 cm³/mol. The van der Waals surface area contributed by atoms with E-state index in [0.717, 1.165) is 16.9 Å². The van der Waals surface area contributed by atoms with Crippen LogP contribution in [0.2, 0.25) is 0 Å². The van der Waals surface area contributed by atoms with Gasteiger partial charge in [0.25, 0.3) is 0 Å². The summed E-state index contributed by atoms with van der Waals surface area (Å²) in [4.78, 5) is 4.29. The van der Waals surface area contributed by atoms with E-state index in [1.165, 1.54) is 74.7 Å². The molecule has 2 unspecified atom stereocenters. The fourth-order valence-electron chi connectivity index (χ4n) is 4.32. The molecule has 0 aliphatic heterocycles. The molecule has 0 amide bonds. The number of allylic oxidation sites excluding steroid dienone is 3. The second-order valence-corrected chi connectivity index (χ2v) is 11.7. The van der Waals surface area contributed by atoms with Crippen LogP contribution in [0.5, 0.6) is 0 Å². The van der Waals surface area contributed by atoms with Crippen LogP contribution in [-0.4, -0.2) is 47.2 Å². The van der Waals surface area contributed by atoms with Crippen molar-refractivity contribution in [2.45, 2.75) is 42.2 Å². The second kappa shape index (κ2) is 9.48. The topological polar surface area (TPSA) is 92.4 Å². The summed E-state index contributed by atoms with van der Waals surface area (Å²) in [6.07, 6.45) is -0.475. The third kappa shape index (κ3) is 5.05. The molecule has 202 valence electrons. The van der Waals surface area contributed by atoms with Crippen LogP contribution < -0.4 is 0 Å². The molecular weight excluding hydrogens is 524 g/mol. The van der Waals surface area contributed by atoms with Crippen molar-refractivity contribution in [2.24, 2.45) is 0 Å². The lowest BCUT2D eigenvalue weighted by atomic mass is 9.85. The van der Waals surface area contributed by atoms with E-state index in [4.69, 9.17) is 0 Å². The number of benzene rings is 2. The second-order valence-electron chi connectivity index (χ2n) is 9.73. The zero-order chi connectivity index (χ0) is 28.1. The first-order chi connectivity index (χ1) is 17.6. The maximum atomic E-state index is 16.1. The maximum Gasteiger partial charge on any atom is 0.417 e. The Morgan fingerprint density at radius 1 is 1.11 bits per heavy atom. The molecule has 2 N–H and O–H groups in total. The van der Waals surface area contributed by atoms with Crippen LogP contribution in [0.3, 0.4) is 0 Å². The van der Waals surface area contributed by atoms with Gasteiger partial charge in [0.1, 0.15) is 23.1 Å². The van der Waals surface area contributed by atoms with Crippen LogP contribution in [-0.2, 0) is 27.2 Å². The first kappa shape index (κ1) is 27.7. The molecule has 3 aromatic rings. The molecule has 11 heteroatoms. The molecule has 4 rings (SSSR count). The molecule has 1 aliphatic carbocycles. The maximum absolute atomic E-state index is 16.1. The Morgan fingerprint density at radius 3 is 2.37 bits per heavy atom. The zero-order valence-electron chi connectivity index (χ0n) is 20.7. The van der Waals surface area contributed by atoms with Gasteiger partial charge in [-0.2, -0.15) is 13.2 Å². The van der Waals surface area contributed by atoms with Crippen molar-refractivity contribution in [3.8, 4) is 11.4 Å². The fraction of sp³-hybridized carbons (Fsp3) is 0.296. The number of sulfone groups is 1. The lowest BCUT2D eigenvalue weighted by Gasteiger charge is -2.36. The molecular formula is C27H26F4N2O4S. The molecule has 2 atom stereocenters. The Kier molecular flexibility index (Phi) is 6.92. The van der Waals surface area contributed by atoms with Gasteiger partial charge < -0.3 is 14.8 Å². The number of aromatic nitrogens is 2. The van der Waals surface area contributed by atoms with Crippen molar-refractivity contribution in [2.75, 3.05) is 12.9 Å². The number of aliphatic hydroxyl groups excluding tert-OH is 1. The van der Waals surface area contributed by atoms with E-state index in [2.05, 4.69) is 4.98 Å². The van der Waals surface area contributed by atoms with Crippen molar-refractivity contribution >= 4 is 15.4 Å². The molecule has 6 nitrogen and oxygen atoms in total. The van der Waals surface area contributed by atoms with Crippen LogP contribution in [0.15, 0.2) is 77.9 Å². The summed E-state index contributed by atoms with van der Waals surface area (Å²) in [6, 6.07) is 10.6. The van der Waals surface area contributed by atoms with Gasteiger partial charge in [-0.05, 0) is 49.3 Å². The summed E-state index contributed by atoms with van der Waals surface area (Å²) in [5, 5.41) is 21.0. The standard InChI is InChI=1S/C27H26F4N2O4S/c1-25(2,35)23-15-33(24(32-23)20-9-4-5-10-21(20)27(29,30)31)26(16-34)12-11-18(14-22(26)28)17-7-6-8-19(13-17)38(3,36)37/h4-15,22,34-35H,16H2,1-3H3. The van der Waals surface area contributed by atoms with Gasteiger partial charge in [-0.1, -0.05) is 42.5 Å². The Bertz CT molecular complexity index is 1530. The van der Waals surface area contributed by atoms with Crippen molar-refractivity contribution in [1.82, 2.24) is 9.55 Å². The van der Waals surface area contributed by atoms with Gasteiger partial charge in [-0.3, -0.25) is 0 Å². The number of nitrogens with zero attached hydrogens (tertiary/aromatic N) is 2. The van der Waals surface area contributed by atoms with E-state index in [1.807, 2.05) is 0 Å². The molecule has 0 saturated heterocycles. The average molecular weight is 551 g/mol. The Morgan fingerprint density at radius 2 is 1.79 bits per heavy atom. The van der Waals surface area contributed by atoms with Crippen LogP contribution in [0.1, 0.15) is 30.7 Å². The minimum Gasteiger partial charge on any atom is -0.393 e. The Labute approximate surface area is 217 Å². The molecule has 0 spiro atoms. The lowest BCUT2D eigenvalue weighted by molar-refractivity contribution is -0.137. The monoisotopic (exact) mass is 550 g/mol. The molecule has 0 radical (unpaired) electrons. The molecule has 2 aromatic carbocycles. The first-order valence-corrected chi connectivity index (χ1v) is 13.4. The SMILES string of the molecule is CC(C)(O)c1cn(C2(CO)C=CC(c3cccc(S(C)(=O)=O)c3)=CC2F)c(-c2ccccc2C(F)(F)F)n1. The van der Waals surface area contributed by atoms with E-state index in [9.17, 15) is 31.8 Å². The molecule has 0 fully saturated rings. The highest BCUT2D eigenvalue weighted by Crippen LogP contribution is 2.42. The van der Waals surface area contributed by atoms with Gasteiger partial charge in [0.2, 0.25) is 0 Å². The van der Waals surface area contributed by atoms with Crippen molar-refractivity contribution in [1.29, 1.82) is 0 Å². The summed E-state index contributed by atoms with van der Waals surface area (Å²) < 4.78 is 82.7. The first-order valence-electron chi connectivity index (χ1n) is 11.5. The highest BCUT2D eigenvalue weighted by Gasteiger charge is 2.44. The molecule has 1 aliphatic rings. The summed E-state index contributed by atoms with van der Waals surface area (Å²) in [6.45, 7) is 1.93. The zero-order valence-corrected chi connectivity index (χ0v) is 21.6. The Hall–Kier alpha value is -3.28. The predicted octanol–water partition coefficient (Wildman–Crippen LogP) is 4.88. The number of imidazole rings is 1. The summed E-state index contributed by atoms with van der Waals surface area (Å²) in [5.41, 5.74) is -4.13. The van der Waals surface area contributed by atoms with E-state index in [1.54, 1.807) is 6.07 Å². The third-order valence-electron chi connectivity index (χ3n) is 6.46. The summed E-state index contributed by atoms with van der Waals surface area (Å²) >= 11 is 0. The van der Waals surface area contributed by atoms with Gasteiger partial charge in [0, 0.05) is 18.0 Å². The van der Waals surface area contributed by atoms with Gasteiger partial charge in [0.05, 0.1) is 22.8 Å². The van der Waals surface area contributed by atoms with Crippen molar-refractivity contribution in [3.63, 3.8) is 0 Å².